The minimum absolute atomic E-state index is 0.0157. The number of methoxy groups -OCH3 is 1. The summed E-state index contributed by atoms with van der Waals surface area (Å²) >= 11 is 0. The zero-order valence-electron chi connectivity index (χ0n) is 16.7. The van der Waals surface area contributed by atoms with Crippen molar-refractivity contribution < 1.29 is 44.2 Å². The minimum Gasteiger partial charge on any atom is -0.506 e. The Morgan fingerprint density at radius 2 is 1.77 bits per heavy atom. The first-order valence-corrected chi connectivity index (χ1v) is 9.50. The zero-order chi connectivity index (χ0) is 22.4. The molecule has 0 aliphatic carbocycles. The summed E-state index contributed by atoms with van der Waals surface area (Å²) < 4.78 is 22.0. The Kier molecular flexibility index (Phi) is 5.50. The lowest BCUT2D eigenvalue weighted by Crippen LogP contribution is -2.60. The average molecular weight is 434 g/mol. The summed E-state index contributed by atoms with van der Waals surface area (Å²) in [5, 5.41) is 51.0. The van der Waals surface area contributed by atoms with Crippen LogP contribution in [-0.4, -0.2) is 70.0 Å². The third-order valence-electron chi connectivity index (χ3n) is 5.29. The van der Waals surface area contributed by atoms with E-state index in [-0.39, 0.29) is 22.1 Å². The van der Waals surface area contributed by atoms with Crippen molar-refractivity contribution in [3.8, 4) is 17.2 Å². The molecule has 2 heterocycles. The predicted molar refractivity (Wildman–Crippen MR) is 107 cm³/mol. The first kappa shape index (κ1) is 21.3. The van der Waals surface area contributed by atoms with Gasteiger partial charge >= 0.3 is 0 Å². The number of aliphatic hydroxyl groups excluding tert-OH is 4. The summed E-state index contributed by atoms with van der Waals surface area (Å²) in [4.78, 5) is 12.5. The Morgan fingerprint density at radius 1 is 1.03 bits per heavy atom. The molecule has 1 aliphatic rings. The largest absolute Gasteiger partial charge is 0.506 e. The van der Waals surface area contributed by atoms with Crippen LogP contribution in [0.2, 0.25) is 0 Å². The number of benzene rings is 2. The van der Waals surface area contributed by atoms with Crippen molar-refractivity contribution in [1.29, 1.82) is 0 Å². The van der Waals surface area contributed by atoms with Gasteiger partial charge in [-0.05, 0) is 24.4 Å². The lowest BCUT2D eigenvalue weighted by Gasteiger charge is -2.39. The van der Waals surface area contributed by atoms with Gasteiger partial charge in [0.05, 0.1) is 19.1 Å². The van der Waals surface area contributed by atoms with Gasteiger partial charge in [0, 0.05) is 12.1 Å². The van der Waals surface area contributed by atoms with E-state index in [4.69, 9.17) is 18.6 Å². The van der Waals surface area contributed by atoms with Gasteiger partial charge in [0.25, 0.3) is 0 Å². The molecule has 10 nitrogen and oxygen atoms in total. The number of ether oxygens (including phenoxy) is 3. The molecule has 10 heteroatoms. The van der Waals surface area contributed by atoms with Crippen LogP contribution in [0.5, 0.6) is 17.2 Å². The third kappa shape index (κ3) is 3.58. The molecule has 0 saturated carbocycles. The quantitative estimate of drug-likeness (QED) is 0.358. The SMILES string of the molecule is COc1cc(OC2OC(CO)C(O)C(O)C2O)c2c(O)c3c(=O)cc(C)oc3cc2c1. The number of hydrogen-bond acceptors (Lipinski definition) is 10. The fraction of sp³-hybridized carbons (Fsp3) is 0.381. The predicted octanol–water partition coefficient (Wildman–Crippen LogP) is 0.148. The molecule has 1 saturated heterocycles. The van der Waals surface area contributed by atoms with Gasteiger partial charge in [-0.1, -0.05) is 0 Å². The molecule has 0 bridgehead atoms. The van der Waals surface area contributed by atoms with Gasteiger partial charge in [-0.25, -0.2) is 0 Å². The maximum atomic E-state index is 12.5. The molecule has 1 aromatic heterocycles. The minimum atomic E-state index is -1.66. The molecule has 1 fully saturated rings. The van der Waals surface area contributed by atoms with Gasteiger partial charge in [0.2, 0.25) is 6.29 Å². The molecular weight excluding hydrogens is 412 g/mol. The number of fused-ring (bicyclic) bond motifs is 2. The van der Waals surface area contributed by atoms with E-state index in [1.54, 1.807) is 19.1 Å². The van der Waals surface area contributed by atoms with E-state index in [2.05, 4.69) is 0 Å². The molecule has 166 valence electrons. The van der Waals surface area contributed by atoms with Crippen LogP contribution in [0.1, 0.15) is 5.76 Å². The highest BCUT2D eigenvalue weighted by Gasteiger charge is 2.45. The van der Waals surface area contributed by atoms with Gasteiger partial charge in [-0.15, -0.1) is 0 Å². The van der Waals surface area contributed by atoms with E-state index in [1.165, 1.54) is 19.2 Å². The molecule has 0 spiro atoms. The maximum absolute atomic E-state index is 12.5. The van der Waals surface area contributed by atoms with Crippen molar-refractivity contribution in [2.24, 2.45) is 0 Å². The van der Waals surface area contributed by atoms with E-state index in [9.17, 15) is 30.3 Å². The Labute approximate surface area is 175 Å². The molecule has 31 heavy (non-hydrogen) atoms. The normalized spacial score (nSPS) is 26.3. The van der Waals surface area contributed by atoms with Crippen molar-refractivity contribution in [3.63, 3.8) is 0 Å². The van der Waals surface area contributed by atoms with E-state index < -0.39 is 48.5 Å². The van der Waals surface area contributed by atoms with Crippen molar-refractivity contribution in [3.05, 3.63) is 40.2 Å². The summed E-state index contributed by atoms with van der Waals surface area (Å²) in [5.74, 6) is 0.291. The maximum Gasteiger partial charge on any atom is 0.229 e. The number of aliphatic hydroxyl groups is 4. The van der Waals surface area contributed by atoms with E-state index in [0.717, 1.165) is 0 Å². The Hall–Kier alpha value is -2.89. The first-order valence-electron chi connectivity index (χ1n) is 9.50. The molecule has 5 unspecified atom stereocenters. The second-order valence-corrected chi connectivity index (χ2v) is 7.36. The molecule has 5 atom stereocenters. The van der Waals surface area contributed by atoms with Gasteiger partial charge in [-0.3, -0.25) is 4.79 Å². The average Bonchev–Trinajstić information content (AvgIpc) is 2.73. The Morgan fingerprint density at radius 3 is 2.45 bits per heavy atom. The number of aryl methyl sites for hydroxylation is 1. The number of phenols is 1. The molecule has 3 aromatic rings. The third-order valence-corrected chi connectivity index (χ3v) is 5.29. The van der Waals surface area contributed by atoms with Crippen LogP contribution in [0.4, 0.5) is 0 Å². The number of rotatable bonds is 4. The summed E-state index contributed by atoms with van der Waals surface area (Å²) in [6, 6.07) is 5.79. The summed E-state index contributed by atoms with van der Waals surface area (Å²) in [6.07, 6.45) is -7.51. The molecule has 2 aromatic carbocycles. The van der Waals surface area contributed by atoms with Gasteiger partial charge in [-0.2, -0.15) is 0 Å². The highest BCUT2D eigenvalue weighted by Crippen LogP contribution is 2.42. The van der Waals surface area contributed by atoms with Crippen LogP contribution in [0.15, 0.2) is 33.5 Å². The van der Waals surface area contributed by atoms with E-state index >= 15 is 0 Å². The topological polar surface area (TPSA) is 159 Å². The van der Waals surface area contributed by atoms with Gasteiger partial charge in [0.1, 0.15) is 58.4 Å². The van der Waals surface area contributed by atoms with E-state index in [1.807, 2.05) is 0 Å². The number of phenolic OH excluding ortho intramolecular Hbond substituents is 1. The molecule has 0 amide bonds. The van der Waals surface area contributed by atoms with Gasteiger partial charge in [0.15, 0.2) is 5.43 Å². The second kappa shape index (κ2) is 7.98. The smallest absolute Gasteiger partial charge is 0.229 e. The lowest BCUT2D eigenvalue weighted by atomic mass is 9.99. The summed E-state index contributed by atoms with van der Waals surface area (Å²) in [7, 11) is 1.42. The Balaban J connectivity index is 1.89. The fourth-order valence-corrected chi connectivity index (χ4v) is 3.71. The molecule has 0 radical (unpaired) electrons. The van der Waals surface area contributed by atoms with Crippen LogP contribution in [0.25, 0.3) is 21.7 Å². The second-order valence-electron chi connectivity index (χ2n) is 7.36. The highest BCUT2D eigenvalue weighted by atomic mass is 16.7. The van der Waals surface area contributed by atoms with Crippen LogP contribution in [-0.2, 0) is 4.74 Å². The number of aromatic hydroxyl groups is 1. The van der Waals surface area contributed by atoms with Crippen LogP contribution in [0.3, 0.4) is 0 Å². The van der Waals surface area contributed by atoms with Crippen molar-refractivity contribution >= 4 is 21.7 Å². The van der Waals surface area contributed by atoms with Crippen LogP contribution in [0, 0.1) is 6.92 Å². The van der Waals surface area contributed by atoms with Gasteiger partial charge < -0.3 is 44.2 Å². The lowest BCUT2D eigenvalue weighted by molar-refractivity contribution is -0.277. The van der Waals surface area contributed by atoms with Crippen molar-refractivity contribution in [2.75, 3.05) is 13.7 Å². The fourth-order valence-electron chi connectivity index (χ4n) is 3.71. The zero-order valence-corrected chi connectivity index (χ0v) is 16.7. The first-order chi connectivity index (χ1) is 14.7. The van der Waals surface area contributed by atoms with Crippen LogP contribution >= 0.6 is 0 Å². The Bertz CT molecular complexity index is 1180. The highest BCUT2D eigenvalue weighted by molar-refractivity contribution is 6.06. The van der Waals surface area contributed by atoms with Crippen LogP contribution < -0.4 is 14.9 Å². The summed E-state index contributed by atoms with van der Waals surface area (Å²) in [6.45, 7) is 0.987. The number of hydrogen-bond donors (Lipinski definition) is 5. The standard InChI is InChI=1S/C21H22O10/c1-8-3-11(23)16-12(29-8)5-9-4-10(28-2)6-13(15(9)18(16)25)30-21-20(27)19(26)17(24)14(7-22)31-21/h3-6,14,17,19-22,24-27H,7H2,1-2H3. The van der Waals surface area contributed by atoms with Crippen molar-refractivity contribution in [2.45, 2.75) is 37.6 Å². The summed E-state index contributed by atoms with van der Waals surface area (Å²) in [5.41, 5.74) is -0.283. The monoisotopic (exact) mass is 434 g/mol. The molecular formula is C21H22O10. The van der Waals surface area contributed by atoms with Crippen molar-refractivity contribution in [1.82, 2.24) is 0 Å². The molecule has 1 aliphatic heterocycles. The van der Waals surface area contributed by atoms with E-state index in [0.29, 0.717) is 16.9 Å². The molecule has 4 rings (SSSR count). The molecule has 5 N–H and O–H groups in total.